The number of likely N-dealkylation sites (tertiary alicyclic amines) is 2. The Morgan fingerprint density at radius 1 is 0.880 bits per heavy atom. The predicted octanol–water partition coefficient (Wildman–Crippen LogP) is 8.00. The first kappa shape index (κ1) is 32.4. The first-order valence-corrected chi connectivity index (χ1v) is 18.3. The average Bonchev–Trinajstić information content (AvgIpc) is 3.54. The zero-order chi connectivity index (χ0) is 34.4. The van der Waals surface area contributed by atoms with Gasteiger partial charge in [0.05, 0.1) is 23.8 Å². The quantitative estimate of drug-likeness (QED) is 0.158. The van der Waals surface area contributed by atoms with Crippen molar-refractivity contribution in [2.45, 2.75) is 64.5 Å². The molecular formula is C41H47N5O4. The van der Waals surface area contributed by atoms with Crippen LogP contribution in [0, 0.1) is 11.8 Å². The molecule has 0 spiro atoms. The monoisotopic (exact) mass is 673 g/mol. The lowest BCUT2D eigenvalue weighted by molar-refractivity contribution is 0.0671. The van der Waals surface area contributed by atoms with Gasteiger partial charge in [-0.25, -0.2) is 9.78 Å². The van der Waals surface area contributed by atoms with E-state index in [1.54, 1.807) is 7.11 Å². The number of aromatic nitrogens is 3. The van der Waals surface area contributed by atoms with Crippen LogP contribution in [0.5, 0.6) is 5.75 Å². The van der Waals surface area contributed by atoms with E-state index in [0.717, 1.165) is 67.0 Å². The Morgan fingerprint density at radius 2 is 1.72 bits per heavy atom. The molecule has 50 heavy (non-hydrogen) atoms. The summed E-state index contributed by atoms with van der Waals surface area (Å²) >= 11 is 0. The van der Waals surface area contributed by atoms with Crippen LogP contribution >= 0.6 is 0 Å². The second-order valence-corrected chi connectivity index (χ2v) is 14.5. The van der Waals surface area contributed by atoms with Gasteiger partial charge in [0.1, 0.15) is 17.9 Å². The minimum absolute atomic E-state index is 0.0533. The van der Waals surface area contributed by atoms with Crippen molar-refractivity contribution in [3.63, 3.8) is 0 Å². The van der Waals surface area contributed by atoms with Crippen molar-refractivity contribution in [2.24, 2.45) is 18.9 Å². The summed E-state index contributed by atoms with van der Waals surface area (Å²) in [4.78, 5) is 35.9. The summed E-state index contributed by atoms with van der Waals surface area (Å²) in [6.45, 7) is 6.31. The third-order valence-corrected chi connectivity index (χ3v) is 11.2. The van der Waals surface area contributed by atoms with E-state index in [4.69, 9.17) is 14.5 Å². The standard InChI is InChI=1S/C41H47N5O4/c1-4-27-12-9-18-44(23-27)40(47)32-20-34-38(36(22-32)49-3)43(2)39(42-34)35-21-30-13-8-14-33(37(30)46(35)24-28-15-16-28)31-17-19-45(25-31)41(48)50-26-29-10-6-5-7-11-29/h5-8,10-11,13-14,20-22,27-28,31H,4,9,12,15-19,23-26H2,1-3H3/t27-,31?/m1/s1. The Morgan fingerprint density at radius 3 is 2.50 bits per heavy atom. The molecule has 5 aromatic rings. The summed E-state index contributed by atoms with van der Waals surface area (Å²) in [5.41, 5.74) is 6.82. The van der Waals surface area contributed by atoms with Gasteiger partial charge in [0.25, 0.3) is 5.91 Å². The summed E-state index contributed by atoms with van der Waals surface area (Å²) in [7, 11) is 3.71. The van der Waals surface area contributed by atoms with Crippen LogP contribution in [0.4, 0.5) is 4.79 Å². The third kappa shape index (κ3) is 6.11. The van der Waals surface area contributed by atoms with E-state index >= 15 is 0 Å². The summed E-state index contributed by atoms with van der Waals surface area (Å²) in [5.74, 6) is 2.96. The van der Waals surface area contributed by atoms with E-state index in [0.29, 0.717) is 36.2 Å². The first-order valence-electron chi connectivity index (χ1n) is 18.3. The molecule has 4 heterocycles. The smallest absolute Gasteiger partial charge is 0.410 e. The van der Waals surface area contributed by atoms with E-state index in [9.17, 15) is 9.59 Å². The number of hydrogen-bond acceptors (Lipinski definition) is 5. The lowest BCUT2D eigenvalue weighted by atomic mass is 9.95. The van der Waals surface area contributed by atoms with Crippen LogP contribution in [-0.2, 0) is 24.9 Å². The molecule has 0 N–H and O–H groups in total. The largest absolute Gasteiger partial charge is 0.494 e. The third-order valence-electron chi connectivity index (χ3n) is 11.2. The molecule has 1 aliphatic carbocycles. The van der Waals surface area contributed by atoms with Crippen molar-refractivity contribution in [1.29, 1.82) is 0 Å². The van der Waals surface area contributed by atoms with Gasteiger partial charge in [-0.05, 0) is 73.3 Å². The highest BCUT2D eigenvalue weighted by atomic mass is 16.6. The molecule has 3 fully saturated rings. The highest BCUT2D eigenvalue weighted by molar-refractivity contribution is 6.00. The zero-order valence-corrected chi connectivity index (χ0v) is 29.4. The normalized spacial score (nSPS) is 19.4. The highest BCUT2D eigenvalue weighted by Gasteiger charge is 2.33. The number of benzene rings is 3. The van der Waals surface area contributed by atoms with Crippen LogP contribution < -0.4 is 4.74 Å². The van der Waals surface area contributed by atoms with E-state index in [2.05, 4.69) is 40.3 Å². The Bertz CT molecular complexity index is 2040. The van der Waals surface area contributed by atoms with Crippen LogP contribution in [0.25, 0.3) is 33.5 Å². The highest BCUT2D eigenvalue weighted by Crippen LogP contribution is 2.41. The van der Waals surface area contributed by atoms with Crippen LogP contribution in [0.2, 0.25) is 0 Å². The molecule has 1 unspecified atom stereocenters. The van der Waals surface area contributed by atoms with Crippen molar-refractivity contribution in [3.8, 4) is 17.3 Å². The Kier molecular flexibility index (Phi) is 8.75. The number of piperidine rings is 1. The molecule has 3 aromatic carbocycles. The van der Waals surface area contributed by atoms with Crippen LogP contribution in [-0.4, -0.2) is 69.2 Å². The maximum atomic E-state index is 13.8. The minimum atomic E-state index is -0.255. The molecule has 0 radical (unpaired) electrons. The van der Waals surface area contributed by atoms with E-state index < -0.39 is 0 Å². The number of hydrogen-bond donors (Lipinski definition) is 0. The molecule has 0 bridgehead atoms. The number of rotatable bonds is 9. The number of carbonyl (C=O) groups is 2. The summed E-state index contributed by atoms with van der Waals surface area (Å²) in [6, 6.07) is 22.5. The summed E-state index contributed by atoms with van der Waals surface area (Å²) in [6.07, 6.45) is 6.40. The van der Waals surface area contributed by atoms with Gasteiger partial charge in [0, 0.05) is 56.6 Å². The molecule has 2 saturated heterocycles. The molecule has 1 saturated carbocycles. The molecule has 9 nitrogen and oxygen atoms in total. The first-order chi connectivity index (χ1) is 24.4. The molecule has 9 heteroatoms. The number of methoxy groups -OCH3 is 1. The second kappa shape index (κ2) is 13.5. The molecule has 260 valence electrons. The topological polar surface area (TPSA) is 81.8 Å². The van der Waals surface area contributed by atoms with E-state index in [1.807, 2.05) is 59.3 Å². The number of amides is 2. The minimum Gasteiger partial charge on any atom is -0.494 e. The van der Waals surface area contributed by atoms with Gasteiger partial charge in [-0.2, -0.15) is 0 Å². The molecule has 8 rings (SSSR count). The van der Waals surface area contributed by atoms with E-state index in [-0.39, 0.29) is 24.5 Å². The predicted molar refractivity (Wildman–Crippen MR) is 195 cm³/mol. The lowest BCUT2D eigenvalue weighted by Gasteiger charge is -2.32. The van der Waals surface area contributed by atoms with Gasteiger partial charge < -0.3 is 28.4 Å². The zero-order valence-electron chi connectivity index (χ0n) is 29.4. The molecule has 2 aromatic heterocycles. The maximum Gasteiger partial charge on any atom is 0.410 e. The average molecular weight is 674 g/mol. The van der Waals surface area contributed by atoms with Gasteiger partial charge in [-0.15, -0.1) is 0 Å². The van der Waals surface area contributed by atoms with Crippen LogP contribution in [0.15, 0.2) is 66.7 Å². The van der Waals surface area contributed by atoms with E-state index in [1.165, 1.54) is 35.7 Å². The second-order valence-electron chi connectivity index (χ2n) is 14.5. The lowest BCUT2D eigenvalue weighted by Crippen LogP contribution is -2.39. The number of aryl methyl sites for hydroxylation is 1. The summed E-state index contributed by atoms with van der Waals surface area (Å²) in [5, 5.41) is 1.17. The van der Waals surface area contributed by atoms with Crippen LogP contribution in [0.1, 0.15) is 72.9 Å². The fourth-order valence-corrected chi connectivity index (χ4v) is 8.19. The maximum absolute atomic E-state index is 13.8. The van der Waals surface area contributed by atoms with Gasteiger partial charge in [0.15, 0.2) is 5.82 Å². The fourth-order valence-electron chi connectivity index (χ4n) is 8.19. The number of nitrogens with zero attached hydrogens (tertiary/aromatic N) is 5. The Balaban J connectivity index is 1.13. The van der Waals surface area contributed by atoms with Crippen molar-refractivity contribution < 1.29 is 19.1 Å². The van der Waals surface area contributed by atoms with Crippen molar-refractivity contribution >= 4 is 33.9 Å². The molecular weight excluding hydrogens is 626 g/mol. The fraction of sp³-hybridized carbons (Fsp3) is 0.439. The van der Waals surface area contributed by atoms with Crippen LogP contribution in [0.3, 0.4) is 0 Å². The number of carbonyl (C=O) groups excluding carboxylic acids is 2. The Hall–Kier alpha value is -4.79. The molecule has 2 atom stereocenters. The van der Waals surface area contributed by atoms with Gasteiger partial charge in [-0.3, -0.25) is 4.79 Å². The van der Waals surface area contributed by atoms with Crippen molar-refractivity contribution in [1.82, 2.24) is 23.9 Å². The number of fused-ring (bicyclic) bond motifs is 2. The molecule has 3 aliphatic rings. The van der Waals surface area contributed by atoms with Crippen molar-refractivity contribution in [3.05, 3.63) is 83.4 Å². The van der Waals surface area contributed by atoms with Crippen molar-refractivity contribution in [2.75, 3.05) is 33.3 Å². The SMILES string of the molecule is CC[C@@H]1CCCN(C(=O)c2cc(OC)c3c(c2)nc(-c2cc4cccc(C5CCN(C(=O)OCc6ccccc6)C5)c4n2CC2CC2)n3C)C1. The number of imidazole rings is 1. The van der Waals surface area contributed by atoms with Gasteiger partial charge in [-0.1, -0.05) is 61.9 Å². The summed E-state index contributed by atoms with van der Waals surface area (Å²) < 4.78 is 16.2. The molecule has 2 amide bonds. The Labute approximate surface area is 293 Å². The number of para-hydroxylation sites is 1. The van der Waals surface area contributed by atoms with Gasteiger partial charge in [0.2, 0.25) is 0 Å². The molecule has 2 aliphatic heterocycles. The van der Waals surface area contributed by atoms with Gasteiger partial charge >= 0.3 is 6.09 Å². The number of ether oxygens (including phenoxy) is 2.